The highest BCUT2D eigenvalue weighted by Gasteiger charge is 2.36. The summed E-state index contributed by atoms with van der Waals surface area (Å²) in [5.41, 5.74) is 1.29. The molecule has 0 spiro atoms. The molecule has 2 heterocycles. The molecule has 0 radical (unpaired) electrons. The smallest absolute Gasteiger partial charge is 0.281 e. The van der Waals surface area contributed by atoms with Gasteiger partial charge < -0.3 is 5.32 Å². The minimum atomic E-state index is -3.47. The highest BCUT2D eigenvalue weighted by molar-refractivity contribution is 7.86. The summed E-state index contributed by atoms with van der Waals surface area (Å²) in [6.45, 7) is 11.0. The van der Waals surface area contributed by atoms with E-state index in [-0.39, 0.29) is 11.8 Å². The van der Waals surface area contributed by atoms with E-state index in [9.17, 15) is 13.2 Å². The second-order valence-corrected chi connectivity index (χ2v) is 11.9. The number of nitrogens with one attached hydrogen (secondary N) is 1. The lowest BCUT2D eigenvalue weighted by molar-refractivity contribution is -0.126. The Kier molecular flexibility index (Phi) is 9.73. The third-order valence-electron chi connectivity index (χ3n) is 7.03. The number of piperidine rings is 2. The van der Waals surface area contributed by atoms with Crippen LogP contribution >= 0.6 is 0 Å². The maximum absolute atomic E-state index is 13.1. The molecule has 0 saturated carbocycles. The average Bonchev–Trinajstić information content (AvgIpc) is 2.81. The van der Waals surface area contributed by atoms with Gasteiger partial charge in [-0.15, -0.1) is 0 Å². The number of nitrogens with zero attached hydrogens (tertiary/aromatic N) is 3. The molecule has 33 heavy (non-hydrogen) atoms. The van der Waals surface area contributed by atoms with Crippen molar-refractivity contribution in [2.75, 3.05) is 39.3 Å². The standard InChI is InChI=1S/C25H42N4O3S/c1-21(2)27(19-23-9-5-4-6-10-23)15-8-14-26-25(30)24-11-7-16-29(20-24)33(31,32)28-17-12-22(3)13-18-28/h4-6,9-10,21-22,24H,7-8,11-20H2,1-3H3,(H,26,30). The normalized spacial score (nSPS) is 21.5. The Morgan fingerprint density at radius 3 is 2.45 bits per heavy atom. The van der Waals surface area contributed by atoms with Crippen molar-refractivity contribution in [1.29, 1.82) is 0 Å². The van der Waals surface area contributed by atoms with Gasteiger partial charge in [0.05, 0.1) is 5.92 Å². The first kappa shape index (κ1) is 26.1. The predicted octanol–water partition coefficient (Wildman–Crippen LogP) is 3.09. The molecule has 3 rings (SSSR count). The van der Waals surface area contributed by atoms with Crippen molar-refractivity contribution in [3.63, 3.8) is 0 Å². The third-order valence-corrected chi connectivity index (χ3v) is 9.03. The molecule has 1 amide bonds. The summed E-state index contributed by atoms with van der Waals surface area (Å²) >= 11 is 0. The number of amides is 1. The molecule has 2 aliphatic rings. The van der Waals surface area contributed by atoms with E-state index in [0.29, 0.717) is 44.7 Å². The molecule has 1 unspecified atom stereocenters. The number of carbonyl (C=O) groups excluding carboxylic acids is 1. The van der Waals surface area contributed by atoms with Gasteiger partial charge in [-0.05, 0) is 57.4 Å². The quantitative estimate of drug-likeness (QED) is 0.525. The van der Waals surface area contributed by atoms with Crippen LogP contribution in [0.2, 0.25) is 0 Å². The molecular weight excluding hydrogens is 436 g/mol. The number of hydrogen-bond acceptors (Lipinski definition) is 4. The molecule has 2 aliphatic heterocycles. The van der Waals surface area contributed by atoms with Crippen molar-refractivity contribution in [2.45, 2.75) is 65.5 Å². The fraction of sp³-hybridized carbons (Fsp3) is 0.720. The molecule has 186 valence electrons. The number of carbonyl (C=O) groups is 1. The zero-order valence-corrected chi connectivity index (χ0v) is 21.4. The van der Waals surface area contributed by atoms with Crippen molar-refractivity contribution < 1.29 is 13.2 Å². The average molecular weight is 479 g/mol. The summed E-state index contributed by atoms with van der Waals surface area (Å²) < 4.78 is 29.3. The topological polar surface area (TPSA) is 73.0 Å². The van der Waals surface area contributed by atoms with Gasteiger partial charge in [0.1, 0.15) is 0 Å². The highest BCUT2D eigenvalue weighted by Crippen LogP contribution is 2.25. The molecule has 0 aliphatic carbocycles. The van der Waals surface area contributed by atoms with Gasteiger partial charge in [-0.2, -0.15) is 17.0 Å². The summed E-state index contributed by atoms with van der Waals surface area (Å²) in [5, 5.41) is 3.07. The van der Waals surface area contributed by atoms with Crippen LogP contribution in [0.5, 0.6) is 0 Å². The van der Waals surface area contributed by atoms with E-state index in [4.69, 9.17) is 0 Å². The van der Waals surface area contributed by atoms with Crippen LogP contribution in [0.15, 0.2) is 30.3 Å². The minimum Gasteiger partial charge on any atom is -0.356 e. The molecule has 1 aromatic carbocycles. The van der Waals surface area contributed by atoms with Gasteiger partial charge in [-0.25, -0.2) is 0 Å². The summed E-state index contributed by atoms with van der Waals surface area (Å²) in [6, 6.07) is 10.9. The summed E-state index contributed by atoms with van der Waals surface area (Å²) in [7, 11) is -3.47. The van der Waals surface area contributed by atoms with E-state index in [2.05, 4.69) is 55.3 Å². The van der Waals surface area contributed by atoms with E-state index in [1.165, 1.54) is 9.87 Å². The minimum absolute atomic E-state index is 0.0127. The van der Waals surface area contributed by atoms with Crippen molar-refractivity contribution in [3.05, 3.63) is 35.9 Å². The largest absolute Gasteiger partial charge is 0.356 e. The van der Waals surface area contributed by atoms with Crippen molar-refractivity contribution >= 4 is 16.1 Å². The van der Waals surface area contributed by atoms with Crippen LogP contribution in [0, 0.1) is 11.8 Å². The second-order valence-electron chi connectivity index (χ2n) is 9.98. The maximum atomic E-state index is 13.1. The lowest BCUT2D eigenvalue weighted by Crippen LogP contribution is -2.52. The molecule has 1 aromatic rings. The molecule has 1 N–H and O–H groups in total. The Balaban J connectivity index is 1.44. The van der Waals surface area contributed by atoms with Gasteiger partial charge >= 0.3 is 0 Å². The Hall–Kier alpha value is -1.48. The van der Waals surface area contributed by atoms with Gasteiger partial charge in [-0.1, -0.05) is 37.3 Å². The fourth-order valence-electron chi connectivity index (χ4n) is 4.72. The first-order chi connectivity index (χ1) is 15.8. The van der Waals surface area contributed by atoms with Crippen LogP contribution in [0.25, 0.3) is 0 Å². The van der Waals surface area contributed by atoms with Crippen LogP contribution < -0.4 is 5.32 Å². The molecule has 2 fully saturated rings. The van der Waals surface area contributed by atoms with E-state index < -0.39 is 10.2 Å². The van der Waals surface area contributed by atoms with Crippen molar-refractivity contribution in [1.82, 2.24) is 18.8 Å². The molecule has 8 heteroatoms. The van der Waals surface area contributed by atoms with Crippen LogP contribution in [0.4, 0.5) is 0 Å². The molecule has 0 bridgehead atoms. The highest BCUT2D eigenvalue weighted by atomic mass is 32.2. The first-order valence-corrected chi connectivity index (χ1v) is 14.0. The van der Waals surface area contributed by atoms with Crippen LogP contribution in [0.3, 0.4) is 0 Å². The molecule has 1 atom stereocenters. The summed E-state index contributed by atoms with van der Waals surface area (Å²) in [6.07, 6.45) is 4.18. The zero-order valence-electron chi connectivity index (χ0n) is 20.6. The van der Waals surface area contributed by atoms with Gasteiger partial charge in [0.25, 0.3) is 10.2 Å². The number of hydrogen-bond donors (Lipinski definition) is 1. The Morgan fingerprint density at radius 2 is 1.79 bits per heavy atom. The molecule has 2 saturated heterocycles. The van der Waals surface area contributed by atoms with Crippen LogP contribution in [-0.2, 0) is 21.5 Å². The van der Waals surface area contributed by atoms with Gasteiger partial charge in [-0.3, -0.25) is 9.69 Å². The van der Waals surface area contributed by atoms with Gasteiger partial charge in [0.15, 0.2) is 0 Å². The fourth-order valence-corrected chi connectivity index (χ4v) is 6.45. The Morgan fingerprint density at radius 1 is 1.09 bits per heavy atom. The van der Waals surface area contributed by atoms with Crippen LogP contribution in [-0.4, -0.2) is 73.1 Å². The van der Waals surface area contributed by atoms with E-state index in [1.807, 2.05) is 6.07 Å². The number of benzene rings is 1. The van der Waals surface area contributed by atoms with Crippen LogP contribution in [0.1, 0.15) is 58.4 Å². The predicted molar refractivity (Wildman–Crippen MR) is 133 cm³/mol. The SMILES string of the molecule is CC1CCN(S(=O)(=O)N2CCCC(C(=O)NCCCN(Cc3ccccc3)C(C)C)C2)CC1. The van der Waals surface area contributed by atoms with Gasteiger partial charge in [0, 0.05) is 51.9 Å². The van der Waals surface area contributed by atoms with Gasteiger partial charge in [0.2, 0.25) is 5.91 Å². The lowest BCUT2D eigenvalue weighted by Gasteiger charge is -2.37. The Labute approximate surface area is 200 Å². The van der Waals surface area contributed by atoms with Crippen molar-refractivity contribution in [2.24, 2.45) is 11.8 Å². The first-order valence-electron chi connectivity index (χ1n) is 12.6. The van der Waals surface area contributed by atoms with Crippen molar-refractivity contribution in [3.8, 4) is 0 Å². The summed E-state index contributed by atoms with van der Waals surface area (Å²) in [4.78, 5) is 15.2. The molecular formula is C25H42N4O3S. The lowest BCUT2D eigenvalue weighted by atomic mass is 9.99. The summed E-state index contributed by atoms with van der Waals surface area (Å²) in [5.74, 6) is 0.305. The molecule has 7 nitrogen and oxygen atoms in total. The molecule has 0 aromatic heterocycles. The third kappa shape index (κ3) is 7.50. The maximum Gasteiger partial charge on any atom is 0.281 e. The Bertz CT molecular complexity index is 838. The van der Waals surface area contributed by atoms with E-state index >= 15 is 0 Å². The number of rotatable bonds is 10. The monoisotopic (exact) mass is 478 g/mol. The van der Waals surface area contributed by atoms with E-state index in [0.717, 1.165) is 45.2 Å². The second kappa shape index (κ2) is 12.3. The van der Waals surface area contributed by atoms with E-state index in [1.54, 1.807) is 4.31 Å². The zero-order chi connectivity index (χ0) is 23.8.